The lowest BCUT2D eigenvalue weighted by atomic mass is 10.2. The van der Waals surface area contributed by atoms with Gasteiger partial charge in [0.2, 0.25) is 5.91 Å². The molecule has 1 unspecified atom stereocenters. The number of carbonyl (C=O) groups excluding carboxylic acids is 1. The number of nitrogens with one attached hydrogen (secondary N) is 2. The van der Waals surface area contributed by atoms with Crippen molar-refractivity contribution in [2.45, 2.75) is 13.0 Å². The van der Waals surface area contributed by atoms with Crippen LogP contribution in [0, 0.1) is 11.6 Å². The van der Waals surface area contributed by atoms with Gasteiger partial charge in [0.25, 0.3) is 0 Å². The highest BCUT2D eigenvalue weighted by Gasteiger charge is 2.17. The number of hydrogen-bond acceptors (Lipinski definition) is 2. The molecule has 0 aliphatic carbocycles. The molecule has 2 rings (SSSR count). The summed E-state index contributed by atoms with van der Waals surface area (Å²) in [5, 5.41) is 5.19. The molecule has 0 heterocycles. The zero-order valence-electron chi connectivity index (χ0n) is 11.2. The fourth-order valence-electron chi connectivity index (χ4n) is 1.73. The van der Waals surface area contributed by atoms with Crippen molar-refractivity contribution in [2.24, 2.45) is 0 Å². The monoisotopic (exact) mass is 310 g/mol. The Kier molecular flexibility index (Phi) is 4.75. The number of rotatable bonds is 4. The molecular weight excluding hydrogens is 298 g/mol. The van der Waals surface area contributed by atoms with Crippen LogP contribution in [0.25, 0.3) is 0 Å². The molecule has 0 aliphatic rings. The number of anilines is 2. The van der Waals surface area contributed by atoms with E-state index in [1.54, 1.807) is 31.2 Å². The quantitative estimate of drug-likeness (QED) is 0.894. The summed E-state index contributed by atoms with van der Waals surface area (Å²) < 4.78 is 26.6. The summed E-state index contributed by atoms with van der Waals surface area (Å²) in [5.41, 5.74) is 0.524. The van der Waals surface area contributed by atoms with Gasteiger partial charge < -0.3 is 10.6 Å². The molecular formula is C15H13ClF2N2O. The van der Waals surface area contributed by atoms with Crippen molar-refractivity contribution in [1.82, 2.24) is 0 Å². The third-order valence-corrected chi connectivity index (χ3v) is 3.10. The second-order valence-electron chi connectivity index (χ2n) is 4.47. The van der Waals surface area contributed by atoms with Crippen LogP contribution >= 0.6 is 11.6 Å². The van der Waals surface area contributed by atoms with Gasteiger partial charge in [0, 0.05) is 11.8 Å². The number of carbonyl (C=O) groups is 1. The van der Waals surface area contributed by atoms with Gasteiger partial charge in [-0.15, -0.1) is 0 Å². The van der Waals surface area contributed by atoms with Crippen molar-refractivity contribution in [3.05, 3.63) is 59.1 Å². The third kappa shape index (κ3) is 3.92. The predicted octanol–water partition coefficient (Wildman–Crippen LogP) is 4.06. The Morgan fingerprint density at radius 1 is 1.19 bits per heavy atom. The van der Waals surface area contributed by atoms with Crippen molar-refractivity contribution < 1.29 is 13.6 Å². The minimum Gasteiger partial charge on any atom is -0.370 e. The highest BCUT2D eigenvalue weighted by molar-refractivity contribution is 6.33. The van der Waals surface area contributed by atoms with Crippen molar-refractivity contribution in [2.75, 3.05) is 10.6 Å². The Morgan fingerprint density at radius 3 is 2.48 bits per heavy atom. The van der Waals surface area contributed by atoms with E-state index in [9.17, 15) is 13.6 Å². The summed E-state index contributed by atoms with van der Waals surface area (Å²) in [7, 11) is 0. The average molecular weight is 311 g/mol. The van der Waals surface area contributed by atoms with E-state index < -0.39 is 17.7 Å². The van der Waals surface area contributed by atoms with Gasteiger partial charge in [-0.05, 0) is 25.1 Å². The van der Waals surface area contributed by atoms with Crippen molar-refractivity contribution >= 4 is 28.9 Å². The zero-order chi connectivity index (χ0) is 15.4. The van der Waals surface area contributed by atoms with Gasteiger partial charge in [0.05, 0.1) is 10.7 Å². The summed E-state index contributed by atoms with van der Waals surface area (Å²) in [4.78, 5) is 12.0. The minimum atomic E-state index is -0.848. The Labute approximate surface area is 125 Å². The van der Waals surface area contributed by atoms with Crippen molar-refractivity contribution in [3.8, 4) is 0 Å². The van der Waals surface area contributed by atoms with Gasteiger partial charge in [-0.25, -0.2) is 8.78 Å². The molecule has 2 N–H and O–H groups in total. The van der Waals surface area contributed by atoms with Gasteiger partial charge in [0.1, 0.15) is 11.9 Å². The van der Waals surface area contributed by atoms with Crippen LogP contribution in [-0.2, 0) is 4.79 Å². The van der Waals surface area contributed by atoms with Gasteiger partial charge >= 0.3 is 0 Å². The topological polar surface area (TPSA) is 41.1 Å². The van der Waals surface area contributed by atoms with Gasteiger partial charge in [-0.2, -0.15) is 0 Å². The molecule has 21 heavy (non-hydrogen) atoms. The lowest BCUT2D eigenvalue weighted by Crippen LogP contribution is -2.32. The van der Waals surface area contributed by atoms with Crippen LogP contribution in [0.5, 0.6) is 0 Å². The molecule has 0 spiro atoms. The van der Waals surface area contributed by atoms with Gasteiger partial charge in [0.15, 0.2) is 5.82 Å². The van der Waals surface area contributed by atoms with E-state index in [-0.39, 0.29) is 16.6 Å². The van der Waals surface area contributed by atoms with E-state index in [4.69, 9.17) is 11.6 Å². The lowest BCUT2D eigenvalue weighted by molar-refractivity contribution is -0.116. The Balaban J connectivity index is 2.08. The molecule has 0 bridgehead atoms. The molecule has 110 valence electrons. The molecule has 0 aliphatic heterocycles. The average Bonchev–Trinajstić information content (AvgIpc) is 2.43. The largest absolute Gasteiger partial charge is 0.370 e. The highest BCUT2D eigenvalue weighted by atomic mass is 35.5. The maximum atomic E-state index is 13.6. The molecule has 2 aromatic carbocycles. The fraction of sp³-hybridized carbons (Fsp3) is 0.133. The predicted molar refractivity (Wildman–Crippen MR) is 79.5 cm³/mol. The van der Waals surface area contributed by atoms with Crippen LogP contribution in [0.4, 0.5) is 20.2 Å². The van der Waals surface area contributed by atoms with Crippen molar-refractivity contribution in [1.29, 1.82) is 0 Å². The summed E-state index contributed by atoms with van der Waals surface area (Å²) in [6.45, 7) is 1.55. The molecule has 0 saturated heterocycles. The molecule has 3 nitrogen and oxygen atoms in total. The van der Waals surface area contributed by atoms with E-state index >= 15 is 0 Å². The fourth-order valence-corrected chi connectivity index (χ4v) is 1.98. The maximum Gasteiger partial charge on any atom is 0.246 e. The highest BCUT2D eigenvalue weighted by Crippen LogP contribution is 2.27. The van der Waals surface area contributed by atoms with Crippen LogP contribution in [-0.4, -0.2) is 11.9 Å². The second-order valence-corrected chi connectivity index (χ2v) is 4.87. The molecule has 1 atom stereocenters. The summed E-state index contributed by atoms with van der Waals surface area (Å²) in [5.74, 6) is -1.98. The first kappa shape index (κ1) is 15.3. The third-order valence-electron chi connectivity index (χ3n) is 2.80. The number of amides is 1. The smallest absolute Gasteiger partial charge is 0.246 e. The van der Waals surface area contributed by atoms with Crippen molar-refractivity contribution in [3.63, 3.8) is 0 Å². The molecule has 0 saturated carbocycles. The SMILES string of the molecule is CC(Nc1c(F)cc(F)cc1Cl)C(=O)Nc1ccccc1. The van der Waals surface area contributed by atoms with Crippen LogP contribution in [0.3, 0.4) is 0 Å². The number of hydrogen-bond donors (Lipinski definition) is 2. The van der Waals surface area contributed by atoms with Crippen LogP contribution < -0.4 is 10.6 Å². The van der Waals surface area contributed by atoms with Crippen LogP contribution in [0.15, 0.2) is 42.5 Å². The summed E-state index contributed by atoms with van der Waals surface area (Å²) in [6, 6.07) is 9.79. The lowest BCUT2D eigenvalue weighted by Gasteiger charge is -2.17. The Hall–Kier alpha value is -2.14. The van der Waals surface area contributed by atoms with E-state index in [0.717, 1.165) is 6.07 Å². The number of para-hydroxylation sites is 1. The van der Waals surface area contributed by atoms with E-state index in [2.05, 4.69) is 10.6 Å². The zero-order valence-corrected chi connectivity index (χ0v) is 11.9. The standard InChI is InChI=1S/C15H13ClF2N2O/c1-9(15(21)20-11-5-3-2-4-6-11)19-14-12(16)7-10(17)8-13(14)18/h2-9,19H,1H3,(H,20,21). The molecule has 0 radical (unpaired) electrons. The molecule has 2 aromatic rings. The summed E-state index contributed by atoms with van der Waals surface area (Å²) >= 11 is 5.77. The molecule has 1 amide bonds. The number of halogens is 3. The van der Waals surface area contributed by atoms with Gasteiger partial charge in [-0.1, -0.05) is 29.8 Å². The Bertz CT molecular complexity index is 626. The first-order valence-corrected chi connectivity index (χ1v) is 6.62. The van der Waals surface area contributed by atoms with E-state index in [0.29, 0.717) is 11.8 Å². The molecule has 6 heteroatoms. The first-order chi connectivity index (χ1) is 9.97. The molecule has 0 aromatic heterocycles. The second kappa shape index (κ2) is 6.54. The van der Waals surface area contributed by atoms with Crippen LogP contribution in [0.1, 0.15) is 6.92 Å². The molecule has 0 fully saturated rings. The normalized spacial score (nSPS) is 11.8. The van der Waals surface area contributed by atoms with Gasteiger partial charge in [-0.3, -0.25) is 4.79 Å². The van der Waals surface area contributed by atoms with Crippen LogP contribution in [0.2, 0.25) is 5.02 Å². The van der Waals surface area contributed by atoms with E-state index in [1.165, 1.54) is 0 Å². The number of benzene rings is 2. The first-order valence-electron chi connectivity index (χ1n) is 6.24. The Morgan fingerprint density at radius 2 is 1.86 bits per heavy atom. The maximum absolute atomic E-state index is 13.6. The minimum absolute atomic E-state index is 0.103. The van der Waals surface area contributed by atoms with E-state index in [1.807, 2.05) is 6.07 Å². The summed E-state index contributed by atoms with van der Waals surface area (Å²) in [6.07, 6.45) is 0.